The fraction of sp³-hybridized carbons (Fsp3) is 0.500. The van der Waals surface area contributed by atoms with E-state index in [1.807, 2.05) is 36.9 Å². The molecule has 0 unspecified atom stereocenters. The number of anilines is 1. The van der Waals surface area contributed by atoms with E-state index in [0.717, 1.165) is 35.2 Å². The molecule has 0 aliphatic heterocycles. The molecule has 0 saturated carbocycles. The highest BCUT2D eigenvalue weighted by molar-refractivity contribution is 7.98. The molecule has 0 radical (unpaired) electrons. The molecule has 0 bridgehead atoms. The van der Waals surface area contributed by atoms with Crippen LogP contribution in [0, 0.1) is 0 Å². The molecule has 4 heteroatoms. The summed E-state index contributed by atoms with van der Waals surface area (Å²) >= 11 is 7.81. The minimum atomic E-state index is 0.668. The molecule has 0 aromatic heterocycles. The van der Waals surface area contributed by atoms with Gasteiger partial charge in [-0.3, -0.25) is 0 Å². The van der Waals surface area contributed by atoms with E-state index in [0.29, 0.717) is 6.61 Å². The van der Waals surface area contributed by atoms with Crippen LogP contribution >= 0.6 is 23.4 Å². The Morgan fingerprint density at radius 1 is 1.44 bits per heavy atom. The first-order valence-electron chi connectivity index (χ1n) is 5.43. The van der Waals surface area contributed by atoms with Crippen molar-refractivity contribution in [1.29, 1.82) is 0 Å². The van der Waals surface area contributed by atoms with Gasteiger partial charge in [0.2, 0.25) is 0 Å². The molecule has 16 heavy (non-hydrogen) atoms. The highest BCUT2D eigenvalue weighted by atomic mass is 35.5. The van der Waals surface area contributed by atoms with Gasteiger partial charge in [-0.05, 0) is 43.6 Å². The third-order valence-corrected chi connectivity index (χ3v) is 3.01. The molecule has 0 spiro atoms. The third-order valence-electron chi connectivity index (χ3n) is 2.08. The van der Waals surface area contributed by atoms with Gasteiger partial charge in [-0.15, -0.1) is 0 Å². The second kappa shape index (κ2) is 7.69. The van der Waals surface area contributed by atoms with E-state index in [4.69, 9.17) is 16.3 Å². The molecule has 0 fully saturated rings. The lowest BCUT2D eigenvalue weighted by atomic mass is 10.3. The van der Waals surface area contributed by atoms with Gasteiger partial charge in [0, 0.05) is 11.6 Å². The van der Waals surface area contributed by atoms with Crippen molar-refractivity contribution in [1.82, 2.24) is 0 Å². The highest BCUT2D eigenvalue weighted by Crippen LogP contribution is 2.27. The van der Waals surface area contributed by atoms with Gasteiger partial charge < -0.3 is 10.1 Å². The second-order valence-electron chi connectivity index (χ2n) is 3.35. The number of thioether (sulfide) groups is 1. The van der Waals surface area contributed by atoms with E-state index in [-0.39, 0.29) is 0 Å². The largest absolute Gasteiger partial charge is 0.492 e. The summed E-state index contributed by atoms with van der Waals surface area (Å²) in [6, 6.07) is 5.66. The van der Waals surface area contributed by atoms with E-state index < -0.39 is 0 Å². The molecule has 90 valence electrons. The van der Waals surface area contributed by atoms with Crippen molar-refractivity contribution in [3.05, 3.63) is 23.2 Å². The zero-order valence-corrected chi connectivity index (χ0v) is 11.3. The Hall–Kier alpha value is -0.540. The number of hydrogen-bond acceptors (Lipinski definition) is 3. The quantitative estimate of drug-likeness (QED) is 0.751. The Morgan fingerprint density at radius 2 is 2.25 bits per heavy atom. The van der Waals surface area contributed by atoms with Crippen molar-refractivity contribution in [2.24, 2.45) is 0 Å². The van der Waals surface area contributed by atoms with Crippen LogP contribution in [0.15, 0.2) is 18.2 Å². The van der Waals surface area contributed by atoms with Gasteiger partial charge in [-0.2, -0.15) is 11.8 Å². The lowest BCUT2D eigenvalue weighted by Gasteiger charge is -2.12. The number of hydrogen-bond donors (Lipinski definition) is 1. The lowest BCUT2D eigenvalue weighted by Crippen LogP contribution is -2.05. The molecule has 0 heterocycles. The van der Waals surface area contributed by atoms with Crippen LogP contribution in [0.3, 0.4) is 0 Å². The minimum absolute atomic E-state index is 0.668. The van der Waals surface area contributed by atoms with Crippen LogP contribution in [-0.4, -0.2) is 25.2 Å². The zero-order valence-electron chi connectivity index (χ0n) is 9.75. The Balaban J connectivity index is 2.57. The molecule has 0 aliphatic rings. The fourth-order valence-corrected chi connectivity index (χ4v) is 1.97. The normalized spacial score (nSPS) is 10.2. The topological polar surface area (TPSA) is 21.3 Å². The predicted molar refractivity (Wildman–Crippen MR) is 74.1 cm³/mol. The summed E-state index contributed by atoms with van der Waals surface area (Å²) < 4.78 is 5.52. The summed E-state index contributed by atoms with van der Waals surface area (Å²) in [7, 11) is 0. The van der Waals surface area contributed by atoms with Gasteiger partial charge in [0.05, 0.1) is 12.3 Å². The van der Waals surface area contributed by atoms with Crippen LogP contribution in [0.1, 0.15) is 13.3 Å². The molecule has 0 atom stereocenters. The van der Waals surface area contributed by atoms with E-state index in [2.05, 4.69) is 11.6 Å². The first-order chi connectivity index (χ1) is 7.77. The monoisotopic (exact) mass is 259 g/mol. The average molecular weight is 260 g/mol. The van der Waals surface area contributed by atoms with E-state index in [1.165, 1.54) is 0 Å². The first kappa shape index (κ1) is 13.5. The molecular formula is C12H18ClNOS. The first-order valence-corrected chi connectivity index (χ1v) is 7.20. The standard InChI is InChI=1S/C12H18ClNOS/c1-3-15-12-6-5-10(13)9-11(12)14-7-4-8-16-2/h5-6,9,14H,3-4,7-8H2,1-2H3. The van der Waals surface area contributed by atoms with Gasteiger partial charge in [-0.25, -0.2) is 0 Å². The number of rotatable bonds is 7. The Kier molecular flexibility index (Phi) is 6.50. The van der Waals surface area contributed by atoms with Gasteiger partial charge in [0.25, 0.3) is 0 Å². The molecule has 1 rings (SSSR count). The van der Waals surface area contributed by atoms with Gasteiger partial charge in [0.15, 0.2) is 0 Å². The maximum Gasteiger partial charge on any atom is 0.142 e. The van der Waals surface area contributed by atoms with Crippen molar-refractivity contribution in [3.8, 4) is 5.75 Å². The van der Waals surface area contributed by atoms with Crippen LogP contribution in [0.5, 0.6) is 5.75 Å². The number of benzene rings is 1. The number of ether oxygens (including phenoxy) is 1. The van der Waals surface area contributed by atoms with Crippen molar-refractivity contribution < 1.29 is 4.74 Å². The minimum Gasteiger partial charge on any atom is -0.492 e. The maximum atomic E-state index is 5.96. The second-order valence-corrected chi connectivity index (χ2v) is 4.77. The van der Waals surface area contributed by atoms with E-state index in [9.17, 15) is 0 Å². The molecule has 1 aromatic carbocycles. The van der Waals surface area contributed by atoms with Crippen LogP contribution in [0.4, 0.5) is 5.69 Å². The fourth-order valence-electron chi connectivity index (χ4n) is 1.36. The third kappa shape index (κ3) is 4.54. The Morgan fingerprint density at radius 3 is 2.94 bits per heavy atom. The van der Waals surface area contributed by atoms with Crippen molar-refractivity contribution in [3.63, 3.8) is 0 Å². The van der Waals surface area contributed by atoms with Crippen LogP contribution in [0.25, 0.3) is 0 Å². The van der Waals surface area contributed by atoms with Crippen molar-refractivity contribution >= 4 is 29.1 Å². The predicted octanol–water partition coefficient (Wildman–Crippen LogP) is 3.90. The van der Waals surface area contributed by atoms with Crippen LogP contribution in [-0.2, 0) is 0 Å². The van der Waals surface area contributed by atoms with Crippen LogP contribution < -0.4 is 10.1 Å². The summed E-state index contributed by atoms with van der Waals surface area (Å²) in [5.41, 5.74) is 0.982. The van der Waals surface area contributed by atoms with Gasteiger partial charge in [-0.1, -0.05) is 11.6 Å². The molecule has 0 amide bonds. The summed E-state index contributed by atoms with van der Waals surface area (Å²) in [5.74, 6) is 2.04. The zero-order chi connectivity index (χ0) is 11.8. The van der Waals surface area contributed by atoms with Gasteiger partial charge >= 0.3 is 0 Å². The summed E-state index contributed by atoms with van der Waals surface area (Å²) in [6.45, 7) is 3.59. The van der Waals surface area contributed by atoms with Gasteiger partial charge in [0.1, 0.15) is 5.75 Å². The lowest BCUT2D eigenvalue weighted by molar-refractivity contribution is 0.341. The molecule has 1 aromatic rings. The molecule has 1 N–H and O–H groups in total. The summed E-state index contributed by atoms with van der Waals surface area (Å²) in [4.78, 5) is 0. The van der Waals surface area contributed by atoms with E-state index >= 15 is 0 Å². The number of halogens is 1. The van der Waals surface area contributed by atoms with Crippen molar-refractivity contribution in [2.45, 2.75) is 13.3 Å². The molecule has 2 nitrogen and oxygen atoms in total. The molecular weight excluding hydrogens is 242 g/mol. The number of nitrogens with one attached hydrogen (secondary N) is 1. The molecule has 0 saturated heterocycles. The van der Waals surface area contributed by atoms with Crippen LogP contribution in [0.2, 0.25) is 5.02 Å². The average Bonchev–Trinajstić information content (AvgIpc) is 2.28. The van der Waals surface area contributed by atoms with Crippen molar-refractivity contribution in [2.75, 3.05) is 30.5 Å². The molecule has 0 aliphatic carbocycles. The Labute approximate surface area is 107 Å². The maximum absolute atomic E-state index is 5.96. The Bertz CT molecular complexity index is 320. The SMILES string of the molecule is CCOc1ccc(Cl)cc1NCCCSC. The smallest absolute Gasteiger partial charge is 0.142 e. The van der Waals surface area contributed by atoms with E-state index in [1.54, 1.807) is 0 Å². The summed E-state index contributed by atoms with van der Waals surface area (Å²) in [5, 5.41) is 4.08. The highest BCUT2D eigenvalue weighted by Gasteiger charge is 2.03. The summed E-state index contributed by atoms with van der Waals surface area (Å²) in [6.07, 6.45) is 3.25.